The summed E-state index contributed by atoms with van der Waals surface area (Å²) in [6.07, 6.45) is 6.48. The Hall–Kier alpha value is -1.98. The molecule has 2 amide bonds. The van der Waals surface area contributed by atoms with E-state index >= 15 is 0 Å². The van der Waals surface area contributed by atoms with Crippen molar-refractivity contribution in [2.24, 2.45) is 29.1 Å². The maximum Gasteiger partial charge on any atom is 0.247 e. The zero-order chi connectivity index (χ0) is 20.1. The summed E-state index contributed by atoms with van der Waals surface area (Å²) in [6.45, 7) is 3.70. The maximum atomic E-state index is 13.9. The van der Waals surface area contributed by atoms with Crippen LogP contribution < -0.4 is 10.6 Å². The van der Waals surface area contributed by atoms with Crippen molar-refractivity contribution in [1.29, 1.82) is 0 Å². The van der Waals surface area contributed by atoms with E-state index in [1.54, 1.807) is 0 Å². The van der Waals surface area contributed by atoms with Crippen LogP contribution in [-0.2, 0) is 9.59 Å². The first-order valence-electron chi connectivity index (χ1n) is 10.3. The molecule has 5 rings (SSSR count). The van der Waals surface area contributed by atoms with Gasteiger partial charge in [0.05, 0.1) is 5.69 Å². The van der Waals surface area contributed by atoms with Crippen LogP contribution in [0.1, 0.15) is 52.4 Å². The molecule has 6 heteroatoms. The number of benzene rings is 1. The Morgan fingerprint density at radius 3 is 2.11 bits per heavy atom. The topological polar surface area (TPSA) is 58.2 Å². The highest BCUT2D eigenvalue weighted by atomic mass is 19.1. The number of halogens is 2. The van der Waals surface area contributed by atoms with Gasteiger partial charge in [0.25, 0.3) is 0 Å². The second kappa shape index (κ2) is 7.12. The van der Waals surface area contributed by atoms with Crippen molar-refractivity contribution >= 4 is 17.5 Å². The predicted octanol–water partition coefficient (Wildman–Crippen LogP) is 4.26. The Labute approximate surface area is 164 Å². The van der Waals surface area contributed by atoms with Gasteiger partial charge in [0.2, 0.25) is 11.8 Å². The third-order valence-electron chi connectivity index (χ3n) is 6.94. The van der Waals surface area contributed by atoms with Gasteiger partial charge in [0.15, 0.2) is 0 Å². The molecule has 4 bridgehead atoms. The zero-order valence-corrected chi connectivity index (χ0v) is 16.4. The molecule has 4 saturated carbocycles. The summed E-state index contributed by atoms with van der Waals surface area (Å²) in [5.74, 6) is -0.279. The van der Waals surface area contributed by atoms with E-state index in [9.17, 15) is 18.4 Å². The van der Waals surface area contributed by atoms with Gasteiger partial charge in [-0.05, 0) is 74.3 Å². The molecule has 4 nitrogen and oxygen atoms in total. The molecule has 0 saturated heterocycles. The molecule has 28 heavy (non-hydrogen) atoms. The molecule has 1 atom stereocenters. The van der Waals surface area contributed by atoms with Crippen LogP contribution in [0.25, 0.3) is 0 Å². The fourth-order valence-electron chi connectivity index (χ4n) is 6.02. The van der Waals surface area contributed by atoms with Crippen LogP contribution in [0.4, 0.5) is 14.5 Å². The van der Waals surface area contributed by atoms with Crippen molar-refractivity contribution in [3.63, 3.8) is 0 Å². The highest BCUT2D eigenvalue weighted by Crippen LogP contribution is 2.60. The van der Waals surface area contributed by atoms with Crippen molar-refractivity contribution in [2.75, 3.05) is 5.32 Å². The first kappa shape index (κ1) is 19.3. The third-order valence-corrected chi connectivity index (χ3v) is 6.94. The van der Waals surface area contributed by atoms with E-state index in [-0.39, 0.29) is 22.9 Å². The van der Waals surface area contributed by atoms with Crippen molar-refractivity contribution in [1.82, 2.24) is 5.32 Å². The number of carbonyl (C=O) groups excluding carboxylic acids is 2. The first-order chi connectivity index (χ1) is 13.3. The molecule has 0 spiro atoms. The van der Waals surface area contributed by atoms with Crippen molar-refractivity contribution in [2.45, 2.75) is 58.4 Å². The summed E-state index contributed by atoms with van der Waals surface area (Å²) in [4.78, 5) is 26.0. The van der Waals surface area contributed by atoms with E-state index in [0.717, 1.165) is 31.4 Å². The van der Waals surface area contributed by atoms with E-state index in [2.05, 4.69) is 10.6 Å². The second-order valence-electron chi connectivity index (χ2n) is 9.51. The molecule has 1 aromatic carbocycles. The standard InChI is InChI=1S/C22H28F2N2O2/c1-12(2)19(20(27)25-18-4-3-16(23)8-17(18)24)26-21(28)22-9-13-5-14(10-22)7-15(6-13)11-22/h3-4,8,12-15,19H,5-7,9-11H2,1-2H3,(H,25,27)(H,26,28). The fourth-order valence-corrected chi connectivity index (χ4v) is 6.02. The third kappa shape index (κ3) is 3.53. The van der Waals surface area contributed by atoms with Gasteiger partial charge in [-0.25, -0.2) is 8.78 Å². The number of nitrogens with one attached hydrogen (secondary N) is 2. The fraction of sp³-hybridized carbons (Fsp3) is 0.636. The SMILES string of the molecule is CC(C)C(NC(=O)C12CC3CC(CC(C3)C1)C2)C(=O)Nc1ccc(F)cc1F. The highest BCUT2D eigenvalue weighted by Gasteiger charge is 2.55. The maximum absolute atomic E-state index is 13.9. The summed E-state index contributed by atoms with van der Waals surface area (Å²) in [5.41, 5.74) is -0.426. The van der Waals surface area contributed by atoms with Crippen LogP contribution in [0.5, 0.6) is 0 Å². The smallest absolute Gasteiger partial charge is 0.247 e. The molecule has 0 radical (unpaired) electrons. The highest BCUT2D eigenvalue weighted by molar-refractivity contribution is 5.98. The number of hydrogen-bond donors (Lipinski definition) is 2. The van der Waals surface area contributed by atoms with Crippen LogP contribution in [0.3, 0.4) is 0 Å². The largest absolute Gasteiger partial charge is 0.344 e. The molecule has 4 aliphatic rings. The summed E-state index contributed by atoms with van der Waals surface area (Å²) < 4.78 is 27.0. The minimum absolute atomic E-state index is 0.0278. The van der Waals surface area contributed by atoms with Crippen molar-refractivity contribution < 1.29 is 18.4 Å². The van der Waals surface area contributed by atoms with E-state index in [1.165, 1.54) is 25.3 Å². The van der Waals surface area contributed by atoms with Gasteiger partial charge in [0, 0.05) is 11.5 Å². The van der Waals surface area contributed by atoms with Gasteiger partial charge in [-0.15, -0.1) is 0 Å². The minimum atomic E-state index is -0.830. The number of amides is 2. The molecular formula is C22H28F2N2O2. The normalized spacial score (nSPS) is 31.7. The monoisotopic (exact) mass is 390 g/mol. The Morgan fingerprint density at radius 2 is 1.61 bits per heavy atom. The Balaban J connectivity index is 1.47. The van der Waals surface area contributed by atoms with Crippen LogP contribution in [0.2, 0.25) is 0 Å². The summed E-state index contributed by atoms with van der Waals surface area (Å²) in [7, 11) is 0. The minimum Gasteiger partial charge on any atom is -0.344 e. The van der Waals surface area contributed by atoms with Crippen LogP contribution >= 0.6 is 0 Å². The molecule has 1 unspecified atom stereocenters. The quantitative estimate of drug-likeness (QED) is 0.789. The molecule has 0 heterocycles. The second-order valence-corrected chi connectivity index (χ2v) is 9.51. The summed E-state index contributed by atoms with van der Waals surface area (Å²) >= 11 is 0. The van der Waals surface area contributed by atoms with Gasteiger partial charge in [-0.3, -0.25) is 9.59 Å². The summed E-state index contributed by atoms with van der Waals surface area (Å²) in [6, 6.07) is 2.26. The van der Waals surface area contributed by atoms with E-state index in [1.807, 2.05) is 13.8 Å². The van der Waals surface area contributed by atoms with E-state index in [4.69, 9.17) is 0 Å². The molecular weight excluding hydrogens is 362 g/mol. The lowest BCUT2D eigenvalue weighted by molar-refractivity contribution is -0.148. The summed E-state index contributed by atoms with van der Waals surface area (Å²) in [5, 5.41) is 5.48. The van der Waals surface area contributed by atoms with Gasteiger partial charge < -0.3 is 10.6 Å². The van der Waals surface area contributed by atoms with E-state index in [0.29, 0.717) is 17.8 Å². The molecule has 4 fully saturated rings. The van der Waals surface area contributed by atoms with E-state index < -0.39 is 23.6 Å². The number of carbonyl (C=O) groups is 2. The van der Waals surface area contributed by atoms with Gasteiger partial charge in [-0.2, -0.15) is 0 Å². The Kier molecular flexibility index (Phi) is 4.92. The molecule has 0 aliphatic heterocycles. The van der Waals surface area contributed by atoms with Gasteiger partial charge in [0.1, 0.15) is 17.7 Å². The van der Waals surface area contributed by atoms with Gasteiger partial charge in [-0.1, -0.05) is 13.8 Å². The molecule has 152 valence electrons. The average molecular weight is 390 g/mol. The molecule has 1 aromatic rings. The molecule has 4 aliphatic carbocycles. The van der Waals surface area contributed by atoms with Crippen LogP contribution in [0.15, 0.2) is 18.2 Å². The average Bonchev–Trinajstić information content (AvgIpc) is 2.60. The molecule has 2 N–H and O–H groups in total. The van der Waals surface area contributed by atoms with Gasteiger partial charge >= 0.3 is 0 Å². The predicted molar refractivity (Wildman–Crippen MR) is 102 cm³/mol. The Morgan fingerprint density at radius 1 is 1.04 bits per heavy atom. The Bertz CT molecular complexity index is 757. The number of rotatable bonds is 5. The number of hydrogen-bond acceptors (Lipinski definition) is 2. The molecule has 0 aromatic heterocycles. The van der Waals surface area contributed by atoms with Crippen LogP contribution in [-0.4, -0.2) is 17.9 Å². The zero-order valence-electron chi connectivity index (χ0n) is 16.4. The van der Waals surface area contributed by atoms with Crippen LogP contribution in [0, 0.1) is 40.7 Å². The lowest BCUT2D eigenvalue weighted by Gasteiger charge is -2.55. The lowest BCUT2D eigenvalue weighted by atomic mass is 9.49. The first-order valence-corrected chi connectivity index (χ1v) is 10.3. The lowest BCUT2D eigenvalue weighted by Crippen LogP contribution is -2.57. The number of anilines is 1. The van der Waals surface area contributed by atoms with Crippen molar-refractivity contribution in [3.05, 3.63) is 29.8 Å². The van der Waals surface area contributed by atoms with Crippen molar-refractivity contribution in [3.8, 4) is 0 Å².